The topological polar surface area (TPSA) is 206 Å². The first-order valence-corrected chi connectivity index (χ1v) is 19.4. The Morgan fingerprint density at radius 2 is 1.39 bits per heavy atom. The van der Waals surface area contributed by atoms with Crippen LogP contribution in [0.5, 0.6) is 5.75 Å². The predicted octanol–water partition coefficient (Wildman–Crippen LogP) is 4.02. The van der Waals surface area contributed by atoms with E-state index in [0.29, 0.717) is 11.3 Å². The number of anilines is 1. The number of ketones is 1. The number of rotatable bonds is 18. The van der Waals surface area contributed by atoms with Crippen LogP contribution in [-0.4, -0.2) is 88.0 Å². The molecule has 0 aliphatic carbocycles. The third kappa shape index (κ3) is 13.1. The van der Waals surface area contributed by atoms with E-state index < -0.39 is 70.9 Å². The molecule has 0 bridgehead atoms. The highest BCUT2D eigenvalue weighted by atomic mass is 32.2. The fourth-order valence-electron chi connectivity index (χ4n) is 5.67. The lowest BCUT2D eigenvalue weighted by atomic mass is 9.81. The number of ether oxygens (including phenoxy) is 2. The summed E-state index contributed by atoms with van der Waals surface area (Å²) in [6.45, 7) is 8.23. The summed E-state index contributed by atoms with van der Waals surface area (Å²) in [6, 6.07) is 20.5. The third-order valence-corrected chi connectivity index (χ3v) is 9.05. The first kappa shape index (κ1) is 45.0. The Hall–Kier alpha value is -5.41. The predicted molar refractivity (Wildman–Crippen MR) is 215 cm³/mol. The zero-order valence-corrected chi connectivity index (χ0v) is 33.7. The standard InChI is InChI=1S/C41H53N5O9S/c1-39(2,3)55-38(53)45-32(24-27-18-20-30(47)21-19-27)34(49)43-25-33(48)46(29-16-12-9-13-17-29)41(6,36(51)40(4,5)42)37(52)44-31(22-23-56-7)35(50)54-26-28-14-10-8-11-15-28/h8-21,31-32,47H,22-26,42H2,1-7H3,(H,43,49)(H,44,52)(H,45,53)/t31-,32-,41?/m0/s1. The van der Waals surface area contributed by atoms with Gasteiger partial charge in [0, 0.05) is 12.1 Å². The van der Waals surface area contributed by atoms with Gasteiger partial charge in [-0.3, -0.25) is 24.1 Å². The Bertz CT molecular complexity index is 1810. The summed E-state index contributed by atoms with van der Waals surface area (Å²) in [5, 5.41) is 17.5. The quantitative estimate of drug-likeness (QED) is 0.0919. The summed E-state index contributed by atoms with van der Waals surface area (Å²) in [5.41, 5.74) is 2.86. The van der Waals surface area contributed by atoms with Gasteiger partial charge in [-0.05, 0) is 95.4 Å². The molecule has 0 spiro atoms. The number of nitrogens with one attached hydrogen (secondary N) is 3. The SMILES string of the molecule is CSCC[C@H](NC(=O)C(C)(C(=O)C(C)(C)N)N(C(=O)CNC(=O)[C@H](Cc1ccc(O)cc1)NC(=O)OC(C)(C)C)c1ccccc1)C(=O)OCc1ccccc1. The number of phenolic OH excluding ortho intramolecular Hbond substituents is 1. The highest BCUT2D eigenvalue weighted by molar-refractivity contribution is 7.98. The molecule has 56 heavy (non-hydrogen) atoms. The first-order valence-electron chi connectivity index (χ1n) is 18.0. The van der Waals surface area contributed by atoms with Gasteiger partial charge in [0.2, 0.25) is 11.8 Å². The summed E-state index contributed by atoms with van der Waals surface area (Å²) < 4.78 is 10.9. The smallest absolute Gasteiger partial charge is 0.408 e. The van der Waals surface area contributed by atoms with Crippen LogP contribution in [0, 0.1) is 0 Å². The molecule has 0 radical (unpaired) electrons. The van der Waals surface area contributed by atoms with Crippen molar-refractivity contribution in [1.29, 1.82) is 0 Å². The Morgan fingerprint density at radius 3 is 1.95 bits per heavy atom. The lowest BCUT2D eigenvalue weighted by molar-refractivity contribution is -0.151. The maximum absolute atomic E-state index is 14.6. The number of carbonyl (C=O) groups is 6. The molecule has 0 aliphatic rings. The number of hydrogen-bond acceptors (Lipinski definition) is 11. The van der Waals surface area contributed by atoms with E-state index in [0.717, 1.165) is 10.5 Å². The monoisotopic (exact) mass is 791 g/mol. The van der Waals surface area contributed by atoms with E-state index in [1.165, 1.54) is 56.8 Å². The summed E-state index contributed by atoms with van der Waals surface area (Å²) >= 11 is 1.44. The van der Waals surface area contributed by atoms with Crippen molar-refractivity contribution in [1.82, 2.24) is 16.0 Å². The maximum Gasteiger partial charge on any atom is 0.408 e. The molecule has 3 aromatic rings. The molecule has 14 nitrogen and oxygen atoms in total. The molecule has 1 unspecified atom stereocenters. The number of carbonyl (C=O) groups excluding carboxylic acids is 6. The van der Waals surface area contributed by atoms with Gasteiger partial charge in [-0.1, -0.05) is 60.7 Å². The van der Waals surface area contributed by atoms with Crippen LogP contribution in [0.1, 0.15) is 59.1 Å². The lowest BCUT2D eigenvalue weighted by Gasteiger charge is -2.42. The van der Waals surface area contributed by atoms with Crippen molar-refractivity contribution in [3.05, 3.63) is 96.1 Å². The summed E-state index contributed by atoms with van der Waals surface area (Å²) in [5.74, 6) is -3.79. The molecule has 0 aromatic heterocycles. The van der Waals surface area contributed by atoms with Gasteiger partial charge in [-0.2, -0.15) is 11.8 Å². The Morgan fingerprint density at radius 1 is 0.804 bits per heavy atom. The molecule has 6 N–H and O–H groups in total. The van der Waals surface area contributed by atoms with Crippen molar-refractivity contribution in [2.45, 2.75) is 89.8 Å². The number of nitrogens with zero attached hydrogens (tertiary/aromatic N) is 1. The lowest BCUT2D eigenvalue weighted by Crippen LogP contribution is -2.71. The highest BCUT2D eigenvalue weighted by Gasteiger charge is 2.54. The van der Waals surface area contributed by atoms with Gasteiger partial charge in [0.05, 0.1) is 12.1 Å². The van der Waals surface area contributed by atoms with Crippen LogP contribution in [0.15, 0.2) is 84.9 Å². The maximum atomic E-state index is 14.6. The van der Waals surface area contributed by atoms with Crippen LogP contribution in [0.2, 0.25) is 0 Å². The van der Waals surface area contributed by atoms with Crippen LogP contribution >= 0.6 is 11.8 Å². The van der Waals surface area contributed by atoms with Crippen molar-refractivity contribution in [2.75, 3.05) is 23.5 Å². The molecular formula is C41H53N5O9S. The number of nitrogens with two attached hydrogens (primary N) is 1. The van der Waals surface area contributed by atoms with E-state index in [-0.39, 0.29) is 30.9 Å². The van der Waals surface area contributed by atoms with Crippen molar-refractivity contribution >= 4 is 53.0 Å². The molecule has 4 amide bonds. The molecule has 0 heterocycles. The minimum atomic E-state index is -2.36. The average Bonchev–Trinajstić information content (AvgIpc) is 3.14. The van der Waals surface area contributed by atoms with Crippen molar-refractivity contribution in [3.63, 3.8) is 0 Å². The molecule has 3 aromatic carbocycles. The van der Waals surface area contributed by atoms with E-state index in [4.69, 9.17) is 15.2 Å². The molecule has 0 saturated carbocycles. The number of benzene rings is 3. The van der Waals surface area contributed by atoms with Gasteiger partial charge in [-0.15, -0.1) is 0 Å². The Balaban J connectivity index is 1.98. The molecule has 0 aliphatic heterocycles. The minimum absolute atomic E-state index is 0.00314. The third-order valence-electron chi connectivity index (χ3n) is 8.40. The van der Waals surface area contributed by atoms with Crippen LogP contribution in [-0.2, 0) is 46.5 Å². The van der Waals surface area contributed by atoms with E-state index >= 15 is 0 Å². The van der Waals surface area contributed by atoms with Gasteiger partial charge < -0.3 is 36.3 Å². The normalized spacial score (nSPS) is 13.6. The number of Topliss-reactive ketones (excluding diaryl/α,β-unsaturated/α-hetero) is 1. The van der Waals surface area contributed by atoms with Crippen LogP contribution in [0.4, 0.5) is 10.5 Å². The molecule has 0 saturated heterocycles. The summed E-state index contributed by atoms with van der Waals surface area (Å²) in [6.07, 6.45) is 1.06. The van der Waals surface area contributed by atoms with Gasteiger partial charge in [0.1, 0.15) is 30.0 Å². The fourth-order valence-corrected chi connectivity index (χ4v) is 6.14. The second kappa shape index (κ2) is 20.0. The highest BCUT2D eigenvalue weighted by Crippen LogP contribution is 2.29. The first-order chi connectivity index (χ1) is 26.3. The molecule has 3 atom stereocenters. The van der Waals surface area contributed by atoms with Crippen LogP contribution in [0.25, 0.3) is 0 Å². The summed E-state index contributed by atoms with van der Waals surface area (Å²) in [4.78, 5) is 84.2. The molecule has 302 valence electrons. The number of alkyl carbamates (subject to hydrolysis) is 1. The Kier molecular flexibility index (Phi) is 16.0. The number of thioether (sulfide) groups is 1. The zero-order valence-electron chi connectivity index (χ0n) is 32.9. The van der Waals surface area contributed by atoms with Gasteiger partial charge in [0.25, 0.3) is 5.91 Å². The van der Waals surface area contributed by atoms with Gasteiger partial charge in [0.15, 0.2) is 11.3 Å². The minimum Gasteiger partial charge on any atom is -0.508 e. The van der Waals surface area contributed by atoms with Crippen molar-refractivity contribution < 1.29 is 43.3 Å². The Labute approximate surface area is 332 Å². The number of hydrogen-bond donors (Lipinski definition) is 5. The number of esters is 1. The zero-order chi connectivity index (χ0) is 41.7. The average molecular weight is 792 g/mol. The van der Waals surface area contributed by atoms with Crippen LogP contribution < -0.4 is 26.6 Å². The van der Waals surface area contributed by atoms with E-state index in [1.54, 1.807) is 75.4 Å². The molecule has 3 rings (SSSR count). The van der Waals surface area contributed by atoms with Gasteiger partial charge in [-0.25, -0.2) is 9.59 Å². The van der Waals surface area contributed by atoms with Crippen molar-refractivity contribution in [3.8, 4) is 5.75 Å². The van der Waals surface area contributed by atoms with E-state index in [9.17, 15) is 33.9 Å². The largest absolute Gasteiger partial charge is 0.508 e. The second-order valence-electron chi connectivity index (χ2n) is 14.9. The number of aromatic hydroxyl groups is 1. The number of phenols is 1. The van der Waals surface area contributed by atoms with Crippen LogP contribution in [0.3, 0.4) is 0 Å². The van der Waals surface area contributed by atoms with Crippen molar-refractivity contribution in [2.24, 2.45) is 5.73 Å². The number of amides is 4. The molecule has 0 fully saturated rings. The van der Waals surface area contributed by atoms with E-state index in [2.05, 4.69) is 16.0 Å². The van der Waals surface area contributed by atoms with Gasteiger partial charge >= 0.3 is 12.1 Å². The fraction of sp³-hybridized carbons (Fsp3) is 0.415. The van der Waals surface area contributed by atoms with E-state index in [1.807, 2.05) is 12.3 Å². The number of para-hydroxylation sites is 1. The second-order valence-corrected chi connectivity index (χ2v) is 15.9. The molecule has 15 heteroatoms. The summed E-state index contributed by atoms with van der Waals surface area (Å²) in [7, 11) is 0. The molecular weight excluding hydrogens is 739 g/mol.